The van der Waals surface area contributed by atoms with Crippen molar-refractivity contribution in [3.8, 4) is 0 Å². The number of likely N-dealkylation sites (tertiary alicyclic amines) is 1. The lowest BCUT2D eigenvalue weighted by atomic mass is 9.74. The van der Waals surface area contributed by atoms with E-state index in [0.717, 1.165) is 76.3 Å². The molecule has 4 heterocycles. The van der Waals surface area contributed by atoms with E-state index in [2.05, 4.69) is 44.5 Å². The molecule has 0 saturated carbocycles. The maximum Gasteiger partial charge on any atom is 0.272 e. The molecular formula is C30H41N5O3. The van der Waals surface area contributed by atoms with Gasteiger partial charge in [0.25, 0.3) is 5.91 Å². The van der Waals surface area contributed by atoms with E-state index in [1.807, 2.05) is 11.8 Å². The minimum atomic E-state index is 0.0311. The van der Waals surface area contributed by atoms with Crippen LogP contribution in [0.5, 0.6) is 0 Å². The Labute approximate surface area is 226 Å². The summed E-state index contributed by atoms with van der Waals surface area (Å²) in [7, 11) is 1.75. The molecule has 6 rings (SSSR count). The van der Waals surface area contributed by atoms with Crippen LogP contribution in [0.15, 0.2) is 30.6 Å². The van der Waals surface area contributed by atoms with Gasteiger partial charge in [-0.05, 0) is 68.4 Å². The largest absolute Gasteiger partial charge is 0.379 e. The number of aryl methyl sites for hydroxylation is 1. The van der Waals surface area contributed by atoms with E-state index >= 15 is 0 Å². The summed E-state index contributed by atoms with van der Waals surface area (Å²) in [5.74, 6) is 0.954. The second-order valence-electron chi connectivity index (χ2n) is 11.6. The molecule has 8 heteroatoms. The van der Waals surface area contributed by atoms with Gasteiger partial charge in [0.2, 0.25) is 0 Å². The fraction of sp³-hybridized carbons (Fsp3) is 0.633. The van der Waals surface area contributed by atoms with Gasteiger partial charge in [-0.25, -0.2) is 9.97 Å². The van der Waals surface area contributed by atoms with Crippen molar-refractivity contribution >= 4 is 11.7 Å². The zero-order valence-electron chi connectivity index (χ0n) is 22.8. The molecule has 1 amide bonds. The van der Waals surface area contributed by atoms with Crippen LogP contribution in [0.4, 0.5) is 5.82 Å². The third kappa shape index (κ3) is 4.82. The summed E-state index contributed by atoms with van der Waals surface area (Å²) in [6.45, 7) is 6.84. The standard InChI is InChI=1S/C30H41N5O3/c1-21-27(29(36)35-14-8-23(9-15-35)33-25-10-18-38-19-26(25)37-2)31-20-32-28(21)34-16-12-30(13-17-34)11-7-22-5-3-4-6-24(22)30/h3-6,20,23,25-26,33H,7-19H2,1-2H3. The lowest BCUT2D eigenvalue weighted by Crippen LogP contribution is -2.54. The Kier molecular flexibility index (Phi) is 7.38. The highest BCUT2D eigenvalue weighted by Gasteiger charge is 2.41. The number of piperidine rings is 2. The van der Waals surface area contributed by atoms with Crippen LogP contribution in [0.2, 0.25) is 0 Å². The average Bonchev–Trinajstić information content (AvgIpc) is 3.32. The number of anilines is 1. The van der Waals surface area contributed by atoms with Gasteiger partial charge < -0.3 is 24.6 Å². The van der Waals surface area contributed by atoms with Crippen LogP contribution in [-0.2, 0) is 21.3 Å². The third-order valence-electron chi connectivity index (χ3n) is 9.58. The maximum absolute atomic E-state index is 13.6. The number of amides is 1. The van der Waals surface area contributed by atoms with Crippen molar-refractivity contribution in [2.24, 2.45) is 0 Å². The Hall–Kier alpha value is -2.55. The minimum Gasteiger partial charge on any atom is -0.379 e. The Morgan fingerprint density at radius 2 is 1.87 bits per heavy atom. The van der Waals surface area contributed by atoms with Crippen molar-refractivity contribution in [1.29, 1.82) is 0 Å². The fourth-order valence-corrected chi connectivity index (χ4v) is 7.24. The molecule has 3 fully saturated rings. The first-order chi connectivity index (χ1) is 18.6. The predicted octanol–water partition coefficient (Wildman–Crippen LogP) is 3.27. The van der Waals surface area contributed by atoms with Gasteiger partial charge in [0.1, 0.15) is 17.8 Å². The third-order valence-corrected chi connectivity index (χ3v) is 9.58. The van der Waals surface area contributed by atoms with Crippen LogP contribution in [-0.4, -0.2) is 85.5 Å². The molecule has 1 aliphatic carbocycles. The number of methoxy groups -OCH3 is 1. The average molecular weight is 520 g/mol. The number of benzene rings is 1. The van der Waals surface area contributed by atoms with E-state index in [1.54, 1.807) is 19.0 Å². The van der Waals surface area contributed by atoms with Crippen LogP contribution >= 0.6 is 0 Å². The summed E-state index contributed by atoms with van der Waals surface area (Å²) in [6, 6.07) is 9.69. The van der Waals surface area contributed by atoms with Gasteiger partial charge in [0, 0.05) is 57.5 Å². The van der Waals surface area contributed by atoms with Crippen molar-refractivity contribution in [2.45, 2.75) is 75.5 Å². The number of nitrogens with zero attached hydrogens (tertiary/aromatic N) is 4. The van der Waals surface area contributed by atoms with Crippen molar-refractivity contribution in [3.05, 3.63) is 53.0 Å². The number of fused-ring (bicyclic) bond motifs is 2. The van der Waals surface area contributed by atoms with Gasteiger partial charge in [-0.3, -0.25) is 4.79 Å². The Morgan fingerprint density at radius 1 is 1.08 bits per heavy atom. The molecule has 2 unspecified atom stereocenters. The summed E-state index contributed by atoms with van der Waals surface area (Å²) >= 11 is 0. The molecule has 38 heavy (non-hydrogen) atoms. The fourth-order valence-electron chi connectivity index (χ4n) is 7.24. The van der Waals surface area contributed by atoms with E-state index in [0.29, 0.717) is 29.8 Å². The zero-order chi connectivity index (χ0) is 26.1. The lowest BCUT2D eigenvalue weighted by molar-refractivity contribution is -0.0533. The topological polar surface area (TPSA) is 79.8 Å². The van der Waals surface area contributed by atoms with E-state index < -0.39 is 0 Å². The number of nitrogens with one attached hydrogen (secondary N) is 1. The van der Waals surface area contributed by atoms with Crippen LogP contribution in [0.3, 0.4) is 0 Å². The number of hydrogen-bond acceptors (Lipinski definition) is 7. The number of carbonyl (C=O) groups excluding carboxylic acids is 1. The summed E-state index contributed by atoms with van der Waals surface area (Å²) in [5, 5.41) is 3.77. The van der Waals surface area contributed by atoms with E-state index in [1.165, 1.54) is 18.4 Å². The summed E-state index contributed by atoms with van der Waals surface area (Å²) in [4.78, 5) is 27.0. The second-order valence-corrected chi connectivity index (χ2v) is 11.6. The van der Waals surface area contributed by atoms with Crippen LogP contribution in [0, 0.1) is 6.92 Å². The zero-order valence-corrected chi connectivity index (χ0v) is 22.8. The normalized spacial score (nSPS) is 25.5. The summed E-state index contributed by atoms with van der Waals surface area (Å²) in [6.07, 6.45) is 9.22. The smallest absolute Gasteiger partial charge is 0.272 e. The van der Waals surface area contributed by atoms with Gasteiger partial charge in [0.05, 0.1) is 12.7 Å². The van der Waals surface area contributed by atoms with Crippen molar-refractivity contribution < 1.29 is 14.3 Å². The summed E-state index contributed by atoms with van der Waals surface area (Å²) < 4.78 is 11.2. The maximum atomic E-state index is 13.6. The quantitative estimate of drug-likeness (QED) is 0.650. The Bertz CT molecular complexity index is 1140. The molecule has 2 atom stereocenters. The first kappa shape index (κ1) is 25.7. The number of aromatic nitrogens is 2. The van der Waals surface area contributed by atoms with Gasteiger partial charge in [0.15, 0.2) is 0 Å². The molecule has 1 N–H and O–H groups in total. The highest BCUT2D eigenvalue weighted by molar-refractivity contribution is 5.94. The number of ether oxygens (including phenoxy) is 2. The highest BCUT2D eigenvalue weighted by Crippen LogP contribution is 2.46. The molecule has 1 aromatic carbocycles. The van der Waals surface area contributed by atoms with E-state index in [-0.39, 0.29) is 12.0 Å². The van der Waals surface area contributed by atoms with Gasteiger partial charge in [-0.2, -0.15) is 0 Å². The highest BCUT2D eigenvalue weighted by atomic mass is 16.5. The monoisotopic (exact) mass is 519 g/mol. The van der Waals surface area contributed by atoms with Crippen LogP contribution in [0.1, 0.15) is 65.7 Å². The van der Waals surface area contributed by atoms with Crippen molar-refractivity contribution in [1.82, 2.24) is 20.2 Å². The molecule has 3 aliphatic heterocycles. The molecule has 0 radical (unpaired) electrons. The molecule has 1 aromatic heterocycles. The molecule has 1 spiro atoms. The lowest BCUT2D eigenvalue weighted by Gasteiger charge is -2.41. The van der Waals surface area contributed by atoms with Gasteiger partial charge >= 0.3 is 0 Å². The molecule has 0 bridgehead atoms. The SMILES string of the molecule is COC1COCCC1NC1CCN(C(=O)c2ncnc(N3CCC4(CCc5ccccc54)CC3)c2C)CC1. The first-order valence-electron chi connectivity index (χ1n) is 14.4. The molecule has 3 saturated heterocycles. The van der Waals surface area contributed by atoms with E-state index in [4.69, 9.17) is 9.47 Å². The Balaban J connectivity index is 1.07. The number of carbonyl (C=O) groups is 1. The van der Waals surface area contributed by atoms with Crippen molar-refractivity contribution in [2.75, 3.05) is 51.4 Å². The first-order valence-corrected chi connectivity index (χ1v) is 14.4. The number of rotatable bonds is 5. The molecular weight excluding hydrogens is 478 g/mol. The van der Waals surface area contributed by atoms with Crippen LogP contribution in [0.25, 0.3) is 0 Å². The Morgan fingerprint density at radius 3 is 2.66 bits per heavy atom. The number of hydrogen-bond donors (Lipinski definition) is 1. The van der Waals surface area contributed by atoms with Gasteiger partial charge in [-0.1, -0.05) is 24.3 Å². The molecule has 8 nitrogen and oxygen atoms in total. The van der Waals surface area contributed by atoms with Crippen LogP contribution < -0.4 is 10.2 Å². The summed E-state index contributed by atoms with van der Waals surface area (Å²) in [5.41, 5.74) is 4.85. The minimum absolute atomic E-state index is 0.0311. The van der Waals surface area contributed by atoms with Gasteiger partial charge in [-0.15, -0.1) is 0 Å². The molecule has 2 aromatic rings. The molecule has 204 valence electrons. The van der Waals surface area contributed by atoms with E-state index in [9.17, 15) is 4.79 Å². The second kappa shape index (κ2) is 10.9. The molecule has 4 aliphatic rings. The van der Waals surface area contributed by atoms with Crippen molar-refractivity contribution in [3.63, 3.8) is 0 Å². The predicted molar refractivity (Wildman–Crippen MR) is 147 cm³/mol.